The van der Waals surface area contributed by atoms with E-state index in [0.717, 1.165) is 18.8 Å². The summed E-state index contributed by atoms with van der Waals surface area (Å²) in [5, 5.41) is 10.2. The molecule has 4 heteroatoms. The number of benzene rings is 1. The van der Waals surface area contributed by atoms with E-state index in [4.69, 9.17) is 0 Å². The number of aromatic nitrogens is 1. The summed E-state index contributed by atoms with van der Waals surface area (Å²) in [7, 11) is 0. The Kier molecular flexibility index (Phi) is 6.76. The van der Waals surface area contributed by atoms with Crippen LogP contribution in [0, 0.1) is 11.7 Å². The van der Waals surface area contributed by atoms with Crippen molar-refractivity contribution in [2.75, 3.05) is 13.1 Å². The topological polar surface area (TPSA) is 29.6 Å². The van der Waals surface area contributed by atoms with Gasteiger partial charge < -0.3 is 14.6 Å². The molecule has 2 atom stereocenters. The molecular formula is C20H28FN2O+. The van der Waals surface area contributed by atoms with E-state index in [2.05, 4.69) is 17.2 Å². The molecule has 0 bridgehead atoms. The maximum Gasteiger partial charge on any atom is 0.128 e. The summed E-state index contributed by atoms with van der Waals surface area (Å²) in [5.41, 5.74) is 1.81. The number of nitrogens with zero attached hydrogens (tertiary/aromatic N) is 1. The highest BCUT2D eigenvalue weighted by molar-refractivity contribution is 5.19. The molecule has 130 valence electrons. The van der Waals surface area contributed by atoms with E-state index in [0.29, 0.717) is 18.7 Å². The van der Waals surface area contributed by atoms with Crippen LogP contribution in [-0.4, -0.2) is 28.9 Å². The van der Waals surface area contributed by atoms with Crippen LogP contribution in [0.5, 0.6) is 0 Å². The van der Waals surface area contributed by atoms with Gasteiger partial charge in [0.05, 0.1) is 18.8 Å². The molecule has 0 aliphatic heterocycles. The molecule has 0 fully saturated rings. The summed E-state index contributed by atoms with van der Waals surface area (Å²) in [5.74, 6) is 0.0534. The average molecular weight is 331 g/mol. The minimum atomic E-state index is -0.338. The second-order valence-electron chi connectivity index (χ2n) is 6.65. The Morgan fingerprint density at radius 1 is 1.25 bits per heavy atom. The first kappa shape index (κ1) is 18.4. The highest BCUT2D eigenvalue weighted by Crippen LogP contribution is 2.11. The lowest BCUT2D eigenvalue weighted by molar-refractivity contribution is -0.912. The van der Waals surface area contributed by atoms with Crippen molar-refractivity contribution in [3.05, 3.63) is 72.3 Å². The normalized spacial score (nSPS) is 13.9. The molecule has 2 aromatic rings. The van der Waals surface area contributed by atoms with Gasteiger partial charge in [0.15, 0.2) is 0 Å². The minimum Gasteiger partial charge on any atom is -0.387 e. The van der Waals surface area contributed by atoms with Crippen LogP contribution in [0.1, 0.15) is 25.1 Å². The fourth-order valence-corrected chi connectivity index (χ4v) is 2.79. The molecule has 1 unspecified atom stereocenters. The Hall–Kier alpha value is -1.91. The van der Waals surface area contributed by atoms with Crippen molar-refractivity contribution in [1.82, 2.24) is 4.57 Å². The molecule has 1 heterocycles. The van der Waals surface area contributed by atoms with Gasteiger partial charge in [-0.2, -0.15) is 0 Å². The summed E-state index contributed by atoms with van der Waals surface area (Å²) in [6, 6.07) is 10.9. The van der Waals surface area contributed by atoms with E-state index >= 15 is 0 Å². The lowest BCUT2D eigenvalue weighted by Crippen LogP contribution is -3.11. The van der Waals surface area contributed by atoms with Crippen LogP contribution in [0.4, 0.5) is 4.39 Å². The number of hydrogen-bond acceptors (Lipinski definition) is 1. The van der Waals surface area contributed by atoms with Crippen molar-refractivity contribution in [3.8, 4) is 0 Å². The Bertz CT molecular complexity index is 651. The zero-order valence-corrected chi connectivity index (χ0v) is 14.6. The van der Waals surface area contributed by atoms with Gasteiger partial charge in [-0.25, -0.2) is 4.39 Å². The van der Waals surface area contributed by atoms with Crippen molar-refractivity contribution in [2.45, 2.75) is 33.0 Å². The lowest BCUT2D eigenvalue weighted by atomic mass is 10.1. The van der Waals surface area contributed by atoms with E-state index < -0.39 is 0 Å². The molecule has 3 nitrogen and oxygen atoms in total. The molecule has 0 amide bonds. The number of aliphatic hydroxyl groups is 1. The molecule has 0 radical (unpaired) electrons. The third-order valence-electron chi connectivity index (χ3n) is 4.35. The molecule has 24 heavy (non-hydrogen) atoms. The fourth-order valence-electron chi connectivity index (χ4n) is 2.79. The maximum absolute atomic E-state index is 13.9. The summed E-state index contributed by atoms with van der Waals surface area (Å²) in [6.07, 6.45) is 3.52. The van der Waals surface area contributed by atoms with E-state index in [1.165, 1.54) is 11.0 Å². The molecule has 0 aliphatic carbocycles. The first-order chi connectivity index (χ1) is 11.5. The smallest absolute Gasteiger partial charge is 0.128 e. The standard InChI is InChI=1S/C20H27FN2O/c1-4-11-22(15-20(24)16(2)3)14-18-9-7-12-23(18)13-17-8-5-6-10-19(17)21/h4-10,12,16,20,24H,1,11,13-15H2,2-3H3/p+1/t20-/m0/s1. The van der Waals surface area contributed by atoms with Crippen LogP contribution in [0.15, 0.2) is 55.3 Å². The number of hydrogen-bond donors (Lipinski definition) is 2. The van der Waals surface area contributed by atoms with Crippen LogP contribution in [0.25, 0.3) is 0 Å². The monoisotopic (exact) mass is 331 g/mol. The van der Waals surface area contributed by atoms with Crippen LogP contribution >= 0.6 is 0 Å². The number of halogens is 1. The maximum atomic E-state index is 13.9. The van der Waals surface area contributed by atoms with E-state index in [1.807, 2.05) is 44.3 Å². The van der Waals surface area contributed by atoms with Gasteiger partial charge in [-0.15, -0.1) is 0 Å². The zero-order valence-electron chi connectivity index (χ0n) is 14.6. The summed E-state index contributed by atoms with van der Waals surface area (Å²) in [4.78, 5) is 1.25. The number of aliphatic hydroxyl groups excluding tert-OH is 1. The molecule has 0 saturated heterocycles. The summed E-state index contributed by atoms with van der Waals surface area (Å²) < 4.78 is 16.0. The molecule has 0 aliphatic rings. The van der Waals surface area contributed by atoms with Crippen molar-refractivity contribution in [1.29, 1.82) is 0 Å². The average Bonchev–Trinajstić information content (AvgIpc) is 2.96. The Balaban J connectivity index is 2.10. The van der Waals surface area contributed by atoms with Crippen LogP contribution in [0.2, 0.25) is 0 Å². The molecule has 1 aromatic heterocycles. The third-order valence-corrected chi connectivity index (χ3v) is 4.35. The Labute approximate surface area is 144 Å². The molecule has 2 rings (SSSR count). The van der Waals surface area contributed by atoms with Gasteiger partial charge in [-0.3, -0.25) is 0 Å². The first-order valence-electron chi connectivity index (χ1n) is 8.51. The Morgan fingerprint density at radius 2 is 2.00 bits per heavy atom. The van der Waals surface area contributed by atoms with E-state index in [1.54, 1.807) is 6.07 Å². The van der Waals surface area contributed by atoms with Gasteiger partial charge in [-0.1, -0.05) is 38.6 Å². The summed E-state index contributed by atoms with van der Waals surface area (Å²) >= 11 is 0. The lowest BCUT2D eigenvalue weighted by Gasteiger charge is -2.23. The highest BCUT2D eigenvalue weighted by atomic mass is 19.1. The van der Waals surface area contributed by atoms with Crippen molar-refractivity contribution >= 4 is 0 Å². The quantitative estimate of drug-likeness (QED) is 0.678. The predicted octanol–water partition coefficient (Wildman–Crippen LogP) is 2.26. The summed E-state index contributed by atoms with van der Waals surface area (Å²) in [6.45, 7) is 10.6. The van der Waals surface area contributed by atoms with Gasteiger partial charge >= 0.3 is 0 Å². The van der Waals surface area contributed by atoms with Gasteiger partial charge in [-0.05, 0) is 30.2 Å². The number of rotatable bonds is 9. The fraction of sp³-hybridized carbons (Fsp3) is 0.400. The second-order valence-corrected chi connectivity index (χ2v) is 6.65. The first-order valence-corrected chi connectivity index (χ1v) is 8.51. The molecule has 1 aromatic carbocycles. The van der Waals surface area contributed by atoms with Gasteiger partial charge in [0, 0.05) is 11.8 Å². The van der Waals surface area contributed by atoms with Crippen LogP contribution in [0.3, 0.4) is 0 Å². The van der Waals surface area contributed by atoms with Crippen LogP contribution < -0.4 is 4.90 Å². The third kappa shape index (κ3) is 5.05. The van der Waals surface area contributed by atoms with Crippen molar-refractivity contribution in [3.63, 3.8) is 0 Å². The number of quaternary nitrogens is 1. The van der Waals surface area contributed by atoms with Crippen molar-refractivity contribution < 1.29 is 14.4 Å². The van der Waals surface area contributed by atoms with Crippen LogP contribution in [-0.2, 0) is 13.1 Å². The van der Waals surface area contributed by atoms with E-state index in [9.17, 15) is 9.50 Å². The highest BCUT2D eigenvalue weighted by Gasteiger charge is 2.19. The SMILES string of the molecule is C=CC[NH+](Cc1cccn1Cc1ccccc1F)C[C@H](O)C(C)C. The van der Waals surface area contributed by atoms with Gasteiger partial charge in [0.1, 0.15) is 25.0 Å². The number of nitrogens with one attached hydrogen (secondary N) is 1. The largest absolute Gasteiger partial charge is 0.387 e. The molecular weight excluding hydrogens is 303 g/mol. The van der Waals surface area contributed by atoms with Crippen molar-refractivity contribution in [2.24, 2.45) is 5.92 Å². The van der Waals surface area contributed by atoms with Gasteiger partial charge in [0.25, 0.3) is 0 Å². The van der Waals surface area contributed by atoms with E-state index in [-0.39, 0.29) is 17.8 Å². The predicted molar refractivity (Wildman–Crippen MR) is 95.4 cm³/mol. The minimum absolute atomic E-state index is 0.178. The molecule has 0 spiro atoms. The molecule has 0 saturated carbocycles. The Morgan fingerprint density at radius 3 is 2.67 bits per heavy atom. The zero-order chi connectivity index (χ0) is 17.5. The second kappa shape index (κ2) is 8.81. The molecule has 2 N–H and O–H groups in total. The van der Waals surface area contributed by atoms with Gasteiger partial charge in [0.2, 0.25) is 0 Å².